The van der Waals surface area contributed by atoms with E-state index >= 15 is 0 Å². The van der Waals surface area contributed by atoms with Crippen LogP contribution < -0.4 is 23.8 Å². The minimum atomic E-state index is -5.17. The van der Waals surface area contributed by atoms with Crippen LogP contribution >= 0.6 is 0 Å². The van der Waals surface area contributed by atoms with Gasteiger partial charge in [-0.25, -0.2) is 9.48 Å². The maximum Gasteiger partial charge on any atom is 1.00 e. The van der Waals surface area contributed by atoms with E-state index in [1.807, 2.05) is 0 Å². The predicted molar refractivity (Wildman–Crippen MR) is 110 cm³/mol. The fraction of sp³-hybridized carbons (Fsp3) is 0.381. The summed E-state index contributed by atoms with van der Waals surface area (Å²) in [6, 6.07) is 9.12. The van der Waals surface area contributed by atoms with Gasteiger partial charge in [-0.05, 0) is 63.8 Å². The van der Waals surface area contributed by atoms with Crippen LogP contribution in [0.5, 0.6) is 0 Å². The normalized spacial score (nSPS) is 13.4. The van der Waals surface area contributed by atoms with Gasteiger partial charge in [0, 0.05) is 10.4 Å². The van der Waals surface area contributed by atoms with Crippen LogP contribution in [0, 0.1) is 41.5 Å². The quantitative estimate of drug-likeness (QED) is 0.310. The number of anilines is 1. The number of rotatable bonds is 2. The summed E-state index contributed by atoms with van der Waals surface area (Å²) in [5.41, 5.74) is 10.8. The molecular weight excluding hydrogens is 383 g/mol. The zero-order chi connectivity index (χ0) is 21.2. The molecular formula is C21H27LiN2O4S. The van der Waals surface area contributed by atoms with Crippen molar-refractivity contribution >= 4 is 28.1 Å². The number of aryl methyl sites for hydroxylation is 6. The SMILES string of the molecule is Cc1cc(C)c(N2C=[N+](c3c(C)cc(C)cc3C)CC2)c(C)c1.O=S(=O)([O-])[O-].[Li+]. The van der Waals surface area contributed by atoms with Crippen LogP contribution in [0.1, 0.15) is 33.4 Å². The first-order chi connectivity index (χ1) is 12.9. The third-order valence-electron chi connectivity index (χ3n) is 4.71. The minimum Gasteiger partial charge on any atom is -0.759 e. The van der Waals surface area contributed by atoms with E-state index in [-0.39, 0.29) is 18.9 Å². The molecule has 8 heteroatoms. The summed E-state index contributed by atoms with van der Waals surface area (Å²) in [4.78, 5) is 2.41. The Morgan fingerprint density at radius 2 is 1.21 bits per heavy atom. The molecule has 3 rings (SSSR count). The van der Waals surface area contributed by atoms with Gasteiger partial charge in [0.15, 0.2) is 0 Å². The molecule has 0 aromatic heterocycles. The second-order valence-electron chi connectivity index (χ2n) is 7.41. The second-order valence-corrected chi connectivity index (χ2v) is 8.22. The zero-order valence-electron chi connectivity index (χ0n) is 18.2. The third kappa shape index (κ3) is 6.98. The molecule has 152 valence electrons. The Kier molecular flexibility index (Phi) is 8.70. The largest absolute Gasteiger partial charge is 1.00 e. The van der Waals surface area contributed by atoms with Gasteiger partial charge in [0.1, 0.15) is 24.5 Å². The van der Waals surface area contributed by atoms with E-state index in [1.165, 1.54) is 44.8 Å². The molecule has 6 nitrogen and oxygen atoms in total. The molecule has 1 heterocycles. The van der Waals surface area contributed by atoms with Crippen molar-refractivity contribution in [2.75, 3.05) is 18.0 Å². The van der Waals surface area contributed by atoms with Gasteiger partial charge in [0.05, 0.1) is 0 Å². The maximum absolute atomic E-state index is 8.52. The molecule has 1 aliphatic rings. The van der Waals surface area contributed by atoms with Crippen LogP contribution in [0.15, 0.2) is 24.3 Å². The number of hydrogen-bond acceptors (Lipinski definition) is 5. The number of benzene rings is 2. The Morgan fingerprint density at radius 3 is 1.62 bits per heavy atom. The van der Waals surface area contributed by atoms with Crippen molar-refractivity contribution in [3.63, 3.8) is 0 Å². The van der Waals surface area contributed by atoms with Gasteiger partial charge in [0.25, 0.3) is 0 Å². The van der Waals surface area contributed by atoms with Gasteiger partial charge >= 0.3 is 18.9 Å². The van der Waals surface area contributed by atoms with Gasteiger partial charge in [-0.3, -0.25) is 8.42 Å². The van der Waals surface area contributed by atoms with Crippen molar-refractivity contribution in [3.05, 3.63) is 57.6 Å². The van der Waals surface area contributed by atoms with E-state index in [4.69, 9.17) is 17.5 Å². The number of nitrogens with zero attached hydrogens (tertiary/aromatic N) is 2. The van der Waals surface area contributed by atoms with E-state index in [0.717, 1.165) is 13.1 Å². The Labute approximate surface area is 186 Å². The first-order valence-electron chi connectivity index (χ1n) is 9.07. The van der Waals surface area contributed by atoms with Crippen molar-refractivity contribution in [1.29, 1.82) is 0 Å². The fourth-order valence-electron chi connectivity index (χ4n) is 4.09. The van der Waals surface area contributed by atoms with Crippen molar-refractivity contribution in [3.8, 4) is 0 Å². The summed E-state index contributed by atoms with van der Waals surface area (Å²) in [5, 5.41) is 0. The monoisotopic (exact) mass is 410 g/mol. The molecule has 0 atom stereocenters. The van der Waals surface area contributed by atoms with Gasteiger partial charge in [0.2, 0.25) is 6.34 Å². The van der Waals surface area contributed by atoms with Crippen LogP contribution in [0.3, 0.4) is 0 Å². The summed E-state index contributed by atoms with van der Waals surface area (Å²) in [7, 11) is -5.17. The van der Waals surface area contributed by atoms with Gasteiger partial charge in [-0.1, -0.05) is 35.4 Å². The molecule has 2 aromatic rings. The minimum absolute atomic E-state index is 0. The molecule has 0 bridgehead atoms. The third-order valence-corrected chi connectivity index (χ3v) is 4.71. The first-order valence-corrected chi connectivity index (χ1v) is 10.4. The topological polar surface area (TPSA) is 86.5 Å². The number of hydrogen-bond donors (Lipinski definition) is 0. The average molecular weight is 410 g/mol. The van der Waals surface area contributed by atoms with Crippen LogP contribution in [-0.2, 0) is 10.4 Å². The first kappa shape index (κ1) is 25.4. The maximum atomic E-state index is 8.52. The van der Waals surface area contributed by atoms with Crippen LogP contribution in [0.4, 0.5) is 11.4 Å². The Morgan fingerprint density at radius 1 is 0.828 bits per heavy atom. The van der Waals surface area contributed by atoms with Crippen molar-refractivity contribution in [2.45, 2.75) is 41.5 Å². The zero-order valence-corrected chi connectivity index (χ0v) is 19.1. The van der Waals surface area contributed by atoms with Crippen LogP contribution in [-0.4, -0.2) is 41.5 Å². The van der Waals surface area contributed by atoms with Crippen molar-refractivity contribution in [1.82, 2.24) is 0 Å². The molecule has 2 aromatic carbocycles. The standard InChI is InChI=1S/C21H27N2.Li.H2O4S/c1-14-9-16(3)20(17(4)10-14)22-7-8-23(13-22)21-18(5)11-15(2)12-19(21)6;;1-5(2,3)4/h9-13H,7-8H2,1-6H3;;(H2,1,2,3,4)/q2*+1;/p-2. The molecule has 0 radical (unpaired) electrons. The van der Waals surface area contributed by atoms with E-state index < -0.39 is 10.4 Å². The summed E-state index contributed by atoms with van der Waals surface area (Å²) >= 11 is 0. The van der Waals surface area contributed by atoms with E-state index in [2.05, 4.69) is 81.6 Å². The molecule has 0 N–H and O–H groups in total. The predicted octanol–water partition coefficient (Wildman–Crippen LogP) is 0.396. The van der Waals surface area contributed by atoms with Crippen LogP contribution in [0.2, 0.25) is 0 Å². The summed E-state index contributed by atoms with van der Waals surface area (Å²) in [6.07, 6.45) is 2.29. The Hall–Kier alpha value is -1.62. The van der Waals surface area contributed by atoms with Gasteiger partial charge in [-0.15, -0.1) is 0 Å². The van der Waals surface area contributed by atoms with Crippen molar-refractivity contribution < 1.29 is 41.0 Å². The second kappa shape index (κ2) is 9.92. The molecule has 0 saturated heterocycles. The Balaban J connectivity index is 0.000000628. The van der Waals surface area contributed by atoms with E-state index in [0.29, 0.717) is 0 Å². The smallest absolute Gasteiger partial charge is 0.759 e. The molecule has 0 fully saturated rings. The Bertz CT molecular complexity index is 979. The van der Waals surface area contributed by atoms with E-state index in [9.17, 15) is 0 Å². The van der Waals surface area contributed by atoms with Crippen molar-refractivity contribution in [2.24, 2.45) is 0 Å². The average Bonchev–Trinajstić information content (AvgIpc) is 2.92. The summed E-state index contributed by atoms with van der Waals surface area (Å²) in [6.45, 7) is 15.3. The molecule has 0 amide bonds. The fourth-order valence-corrected chi connectivity index (χ4v) is 4.09. The van der Waals surface area contributed by atoms with Gasteiger partial charge < -0.3 is 9.11 Å². The summed E-state index contributed by atoms with van der Waals surface area (Å²) in [5.74, 6) is 0. The molecule has 0 spiro atoms. The van der Waals surface area contributed by atoms with Gasteiger partial charge in [-0.2, -0.15) is 0 Å². The molecule has 0 unspecified atom stereocenters. The summed E-state index contributed by atoms with van der Waals surface area (Å²) < 4.78 is 36.5. The molecule has 29 heavy (non-hydrogen) atoms. The molecule has 0 saturated carbocycles. The van der Waals surface area contributed by atoms with Crippen LogP contribution in [0.25, 0.3) is 0 Å². The molecule has 1 aliphatic heterocycles. The van der Waals surface area contributed by atoms with E-state index in [1.54, 1.807) is 0 Å². The molecule has 0 aliphatic carbocycles.